The highest BCUT2D eigenvalue weighted by Gasteiger charge is 2.19. The lowest BCUT2D eigenvalue weighted by atomic mass is 9.97. The number of halogens is 1. The Morgan fingerprint density at radius 2 is 1.86 bits per heavy atom. The number of hydrogen-bond donors (Lipinski definition) is 1. The van der Waals surface area contributed by atoms with E-state index in [0.29, 0.717) is 11.6 Å². The van der Waals surface area contributed by atoms with Crippen LogP contribution in [0.1, 0.15) is 11.1 Å². The molecule has 2 aromatic carbocycles. The Morgan fingerprint density at radius 1 is 1.10 bits per heavy atom. The minimum Gasteiger partial charge on any atom is -0.380 e. The van der Waals surface area contributed by atoms with E-state index >= 15 is 0 Å². The largest absolute Gasteiger partial charge is 0.380 e. The predicted molar refractivity (Wildman–Crippen MR) is 89.0 cm³/mol. The first kappa shape index (κ1) is 13.9. The van der Waals surface area contributed by atoms with E-state index in [-0.39, 0.29) is 0 Å². The van der Waals surface area contributed by atoms with Crippen LogP contribution in [0.25, 0.3) is 22.5 Å². The third-order valence-electron chi connectivity index (χ3n) is 3.44. The normalized spacial score (nSPS) is 10.8. The Balaban J connectivity index is 2.24. The summed E-state index contributed by atoms with van der Waals surface area (Å²) >= 11 is 3.52. The molecule has 4 heteroatoms. The molecule has 3 nitrogen and oxygen atoms in total. The van der Waals surface area contributed by atoms with Crippen molar-refractivity contribution >= 4 is 21.7 Å². The summed E-state index contributed by atoms with van der Waals surface area (Å²) in [4.78, 5) is 0. The fourth-order valence-electron chi connectivity index (χ4n) is 2.48. The third kappa shape index (κ3) is 2.59. The van der Waals surface area contributed by atoms with E-state index in [9.17, 15) is 0 Å². The van der Waals surface area contributed by atoms with E-state index in [1.165, 1.54) is 0 Å². The first-order chi connectivity index (χ1) is 10.1. The zero-order valence-corrected chi connectivity index (χ0v) is 13.4. The minimum atomic E-state index is 0.414. The van der Waals surface area contributed by atoms with E-state index in [2.05, 4.69) is 46.2 Å². The van der Waals surface area contributed by atoms with Crippen molar-refractivity contribution in [2.75, 3.05) is 5.73 Å². The Kier molecular flexibility index (Phi) is 3.55. The molecule has 0 saturated carbocycles. The summed E-state index contributed by atoms with van der Waals surface area (Å²) in [5, 5.41) is 3.96. The van der Waals surface area contributed by atoms with Crippen LogP contribution in [0.4, 0.5) is 5.82 Å². The number of aryl methyl sites for hydroxylation is 2. The zero-order chi connectivity index (χ0) is 15.0. The molecule has 0 aliphatic rings. The van der Waals surface area contributed by atoms with Gasteiger partial charge in [0.1, 0.15) is 0 Å². The number of anilines is 1. The van der Waals surface area contributed by atoms with E-state index in [1.807, 2.05) is 31.2 Å². The van der Waals surface area contributed by atoms with Crippen LogP contribution in [0.3, 0.4) is 0 Å². The van der Waals surface area contributed by atoms with Crippen molar-refractivity contribution in [1.29, 1.82) is 0 Å². The van der Waals surface area contributed by atoms with E-state index in [4.69, 9.17) is 10.3 Å². The monoisotopic (exact) mass is 342 g/mol. The quantitative estimate of drug-likeness (QED) is 0.715. The minimum absolute atomic E-state index is 0.414. The van der Waals surface area contributed by atoms with Crippen LogP contribution in [0.2, 0.25) is 0 Å². The van der Waals surface area contributed by atoms with Crippen molar-refractivity contribution in [3.63, 3.8) is 0 Å². The van der Waals surface area contributed by atoms with Crippen molar-refractivity contribution in [3.8, 4) is 22.5 Å². The molecule has 0 fully saturated rings. The molecule has 21 heavy (non-hydrogen) atoms. The van der Waals surface area contributed by atoms with Gasteiger partial charge in [-0.2, -0.15) is 0 Å². The second-order valence-corrected chi connectivity index (χ2v) is 6.02. The van der Waals surface area contributed by atoms with Gasteiger partial charge in [0, 0.05) is 10.0 Å². The van der Waals surface area contributed by atoms with Gasteiger partial charge in [-0.25, -0.2) is 0 Å². The third-order valence-corrected chi connectivity index (χ3v) is 3.90. The molecule has 2 N–H and O–H groups in total. The first-order valence-electron chi connectivity index (χ1n) is 6.65. The van der Waals surface area contributed by atoms with Gasteiger partial charge in [-0.15, -0.1) is 0 Å². The van der Waals surface area contributed by atoms with Crippen molar-refractivity contribution in [2.45, 2.75) is 13.8 Å². The van der Waals surface area contributed by atoms with Crippen molar-refractivity contribution < 1.29 is 4.52 Å². The highest BCUT2D eigenvalue weighted by molar-refractivity contribution is 9.10. The molecule has 0 unspecified atom stereocenters. The molecule has 1 aromatic heterocycles. The van der Waals surface area contributed by atoms with Crippen molar-refractivity contribution in [3.05, 3.63) is 58.1 Å². The highest BCUT2D eigenvalue weighted by Crippen LogP contribution is 2.38. The van der Waals surface area contributed by atoms with E-state index in [0.717, 1.165) is 32.3 Å². The number of benzene rings is 2. The molecule has 1 heterocycles. The molecule has 0 atom stereocenters. The van der Waals surface area contributed by atoms with Crippen LogP contribution in [0, 0.1) is 13.8 Å². The van der Waals surface area contributed by atoms with E-state index in [1.54, 1.807) is 0 Å². The molecule has 0 bridgehead atoms. The SMILES string of the molecule is Cc1cc(Br)cc(-c2onc(N)c2-c2ccccc2C)c1. The van der Waals surface area contributed by atoms with Crippen LogP contribution in [0.15, 0.2) is 51.5 Å². The maximum absolute atomic E-state index is 6.04. The smallest absolute Gasteiger partial charge is 0.176 e. The van der Waals surface area contributed by atoms with Gasteiger partial charge >= 0.3 is 0 Å². The lowest BCUT2D eigenvalue weighted by Crippen LogP contribution is -1.91. The molecule has 3 rings (SSSR count). The van der Waals surface area contributed by atoms with Crippen LogP contribution in [-0.2, 0) is 0 Å². The average molecular weight is 343 g/mol. The maximum Gasteiger partial charge on any atom is 0.176 e. The fraction of sp³-hybridized carbons (Fsp3) is 0.118. The molecular weight excluding hydrogens is 328 g/mol. The summed E-state index contributed by atoms with van der Waals surface area (Å²) in [6.07, 6.45) is 0. The van der Waals surface area contributed by atoms with Gasteiger partial charge in [-0.3, -0.25) is 0 Å². The van der Waals surface area contributed by atoms with Gasteiger partial charge in [0.25, 0.3) is 0 Å². The fourth-order valence-corrected chi connectivity index (χ4v) is 3.09. The highest BCUT2D eigenvalue weighted by atomic mass is 79.9. The second-order valence-electron chi connectivity index (χ2n) is 5.10. The number of rotatable bonds is 2. The Labute approximate surface area is 131 Å². The van der Waals surface area contributed by atoms with Gasteiger partial charge in [0.15, 0.2) is 11.6 Å². The average Bonchev–Trinajstić information content (AvgIpc) is 2.80. The van der Waals surface area contributed by atoms with Crippen LogP contribution in [0.5, 0.6) is 0 Å². The van der Waals surface area contributed by atoms with Crippen LogP contribution >= 0.6 is 15.9 Å². The molecule has 106 valence electrons. The van der Waals surface area contributed by atoms with Crippen molar-refractivity contribution in [2.24, 2.45) is 0 Å². The molecule has 0 spiro atoms. The van der Waals surface area contributed by atoms with Gasteiger partial charge in [-0.05, 0) is 48.7 Å². The van der Waals surface area contributed by atoms with Gasteiger partial charge < -0.3 is 10.3 Å². The summed E-state index contributed by atoms with van der Waals surface area (Å²) in [7, 11) is 0. The number of aromatic nitrogens is 1. The molecule has 3 aromatic rings. The summed E-state index contributed by atoms with van der Waals surface area (Å²) in [6.45, 7) is 4.10. The standard InChI is InChI=1S/C17H15BrN2O/c1-10-7-12(9-13(18)8-10)16-15(17(19)20-21-16)14-6-4-3-5-11(14)2/h3-9H,1-2H3,(H2,19,20). The predicted octanol–water partition coefficient (Wildman–Crippen LogP) is 4.97. The summed E-state index contributed by atoms with van der Waals surface area (Å²) in [5.41, 5.74) is 11.2. The number of hydrogen-bond acceptors (Lipinski definition) is 3. The first-order valence-corrected chi connectivity index (χ1v) is 7.44. The van der Waals surface area contributed by atoms with Gasteiger partial charge in [-0.1, -0.05) is 45.4 Å². The summed E-state index contributed by atoms with van der Waals surface area (Å²) < 4.78 is 6.51. The topological polar surface area (TPSA) is 52.0 Å². The van der Waals surface area contributed by atoms with Gasteiger partial charge in [0.05, 0.1) is 5.56 Å². The molecule has 0 aliphatic carbocycles. The second kappa shape index (κ2) is 5.37. The zero-order valence-electron chi connectivity index (χ0n) is 11.9. The number of nitrogens with two attached hydrogens (primary N) is 1. The molecule has 0 radical (unpaired) electrons. The maximum atomic E-state index is 6.04. The van der Waals surface area contributed by atoms with Crippen LogP contribution < -0.4 is 5.73 Å². The van der Waals surface area contributed by atoms with Gasteiger partial charge in [0.2, 0.25) is 0 Å². The Morgan fingerprint density at radius 3 is 2.57 bits per heavy atom. The molecule has 0 aliphatic heterocycles. The molecular formula is C17H15BrN2O. The Hall–Kier alpha value is -2.07. The number of nitrogens with zero attached hydrogens (tertiary/aromatic N) is 1. The van der Waals surface area contributed by atoms with Crippen LogP contribution in [-0.4, -0.2) is 5.16 Å². The van der Waals surface area contributed by atoms with Crippen molar-refractivity contribution in [1.82, 2.24) is 5.16 Å². The summed E-state index contributed by atoms with van der Waals surface area (Å²) in [5.74, 6) is 1.11. The molecule has 0 saturated heterocycles. The van der Waals surface area contributed by atoms with E-state index < -0.39 is 0 Å². The molecule has 0 amide bonds. The lowest BCUT2D eigenvalue weighted by molar-refractivity contribution is 0.436. The number of nitrogen functional groups attached to an aromatic ring is 1. The summed E-state index contributed by atoms with van der Waals surface area (Å²) in [6, 6.07) is 14.2. The Bertz CT molecular complexity index is 788. The lowest BCUT2D eigenvalue weighted by Gasteiger charge is -2.07.